The van der Waals surface area contributed by atoms with E-state index in [4.69, 9.17) is 17.3 Å². The zero-order chi connectivity index (χ0) is 14.8. The Hall–Kier alpha value is -2.40. The molecule has 106 valence electrons. The monoisotopic (exact) mass is 299 g/mol. The highest BCUT2D eigenvalue weighted by Gasteiger charge is 2.11. The second-order valence-electron chi connectivity index (χ2n) is 4.71. The number of benzene rings is 1. The lowest BCUT2D eigenvalue weighted by molar-refractivity contribution is 0.833. The van der Waals surface area contributed by atoms with Crippen LogP contribution in [0.1, 0.15) is 18.7 Å². The molecule has 0 radical (unpaired) electrons. The number of fused-ring (bicyclic) bond motifs is 1. The molecule has 0 aliphatic rings. The standard InChI is InChI=1S/C15H14ClN5/c1-9(12-4-2-3-7-18-12)19-14-11-6-5-10(16)8-13(11)20-15(17)21-14/h2-9H,1H3,(H3,17,19,20,21). The van der Waals surface area contributed by atoms with Gasteiger partial charge in [-0.3, -0.25) is 4.98 Å². The lowest BCUT2D eigenvalue weighted by atomic mass is 10.2. The highest BCUT2D eigenvalue weighted by atomic mass is 35.5. The van der Waals surface area contributed by atoms with Crippen molar-refractivity contribution in [1.29, 1.82) is 0 Å². The van der Waals surface area contributed by atoms with Crippen molar-refractivity contribution in [2.75, 3.05) is 11.1 Å². The van der Waals surface area contributed by atoms with E-state index in [1.165, 1.54) is 0 Å². The molecule has 0 fully saturated rings. The van der Waals surface area contributed by atoms with E-state index in [1.54, 1.807) is 18.3 Å². The molecule has 3 N–H and O–H groups in total. The SMILES string of the molecule is CC(Nc1nc(N)nc2cc(Cl)ccc12)c1ccccn1. The number of anilines is 2. The van der Waals surface area contributed by atoms with E-state index in [2.05, 4.69) is 20.3 Å². The van der Waals surface area contributed by atoms with Gasteiger partial charge in [-0.25, -0.2) is 4.98 Å². The Bertz CT molecular complexity index is 770. The van der Waals surface area contributed by atoms with Crippen LogP contribution in [-0.2, 0) is 0 Å². The Labute approximate surface area is 127 Å². The summed E-state index contributed by atoms with van der Waals surface area (Å²) in [6.45, 7) is 2.02. The van der Waals surface area contributed by atoms with Crippen LogP contribution in [0.15, 0.2) is 42.6 Å². The quantitative estimate of drug-likeness (QED) is 0.775. The van der Waals surface area contributed by atoms with Crippen molar-refractivity contribution in [3.63, 3.8) is 0 Å². The summed E-state index contributed by atoms with van der Waals surface area (Å²) < 4.78 is 0. The molecule has 1 aromatic carbocycles. The number of nitrogen functional groups attached to an aromatic ring is 1. The molecule has 3 aromatic rings. The average molecular weight is 300 g/mol. The van der Waals surface area contributed by atoms with Gasteiger partial charge in [0.25, 0.3) is 0 Å². The number of nitrogens with zero attached hydrogens (tertiary/aromatic N) is 3. The number of hydrogen-bond donors (Lipinski definition) is 2. The number of pyridine rings is 1. The van der Waals surface area contributed by atoms with Crippen molar-refractivity contribution in [3.8, 4) is 0 Å². The highest BCUT2D eigenvalue weighted by molar-refractivity contribution is 6.31. The molecule has 5 nitrogen and oxygen atoms in total. The summed E-state index contributed by atoms with van der Waals surface area (Å²) in [6.07, 6.45) is 1.76. The Morgan fingerprint density at radius 3 is 2.81 bits per heavy atom. The van der Waals surface area contributed by atoms with Crippen LogP contribution in [0.5, 0.6) is 0 Å². The molecule has 3 rings (SSSR count). The zero-order valence-electron chi connectivity index (χ0n) is 11.4. The van der Waals surface area contributed by atoms with Crippen LogP contribution < -0.4 is 11.1 Å². The van der Waals surface area contributed by atoms with E-state index in [9.17, 15) is 0 Å². The summed E-state index contributed by atoms with van der Waals surface area (Å²) in [5, 5.41) is 4.81. The maximum atomic E-state index is 5.99. The fourth-order valence-electron chi connectivity index (χ4n) is 2.14. The minimum Gasteiger partial charge on any atom is -0.368 e. The summed E-state index contributed by atoms with van der Waals surface area (Å²) in [4.78, 5) is 12.8. The molecule has 0 spiro atoms. The van der Waals surface area contributed by atoms with E-state index in [0.29, 0.717) is 16.4 Å². The smallest absolute Gasteiger partial charge is 0.222 e. The molecule has 2 heterocycles. The molecule has 0 saturated heterocycles. The summed E-state index contributed by atoms with van der Waals surface area (Å²) in [6, 6.07) is 11.2. The number of hydrogen-bond acceptors (Lipinski definition) is 5. The predicted molar refractivity (Wildman–Crippen MR) is 85.2 cm³/mol. The number of nitrogens with two attached hydrogens (primary N) is 1. The minimum atomic E-state index is -0.000576. The molecular weight excluding hydrogens is 286 g/mol. The largest absolute Gasteiger partial charge is 0.368 e. The van der Waals surface area contributed by atoms with Gasteiger partial charge in [0.05, 0.1) is 17.3 Å². The average Bonchev–Trinajstić information content (AvgIpc) is 2.47. The van der Waals surface area contributed by atoms with Crippen molar-refractivity contribution in [2.45, 2.75) is 13.0 Å². The Kier molecular flexibility index (Phi) is 3.58. The Morgan fingerprint density at radius 2 is 2.05 bits per heavy atom. The topological polar surface area (TPSA) is 76.7 Å². The van der Waals surface area contributed by atoms with Gasteiger partial charge >= 0.3 is 0 Å². The lowest BCUT2D eigenvalue weighted by Gasteiger charge is -2.15. The molecule has 6 heteroatoms. The number of nitrogens with one attached hydrogen (secondary N) is 1. The van der Waals surface area contributed by atoms with Crippen molar-refractivity contribution in [1.82, 2.24) is 15.0 Å². The van der Waals surface area contributed by atoms with Gasteiger partial charge in [0.2, 0.25) is 5.95 Å². The molecular formula is C15H14ClN5. The number of rotatable bonds is 3. The van der Waals surface area contributed by atoms with Crippen LogP contribution in [0.2, 0.25) is 5.02 Å². The van der Waals surface area contributed by atoms with Crippen molar-refractivity contribution >= 4 is 34.3 Å². The first-order valence-corrected chi connectivity index (χ1v) is 6.91. The Morgan fingerprint density at radius 1 is 1.19 bits per heavy atom. The van der Waals surface area contributed by atoms with E-state index < -0.39 is 0 Å². The van der Waals surface area contributed by atoms with Crippen LogP contribution >= 0.6 is 11.6 Å². The first kappa shape index (κ1) is 13.6. The van der Waals surface area contributed by atoms with E-state index in [0.717, 1.165) is 11.1 Å². The normalized spacial score (nSPS) is 12.3. The number of aromatic nitrogens is 3. The molecule has 1 atom stereocenters. The fraction of sp³-hybridized carbons (Fsp3) is 0.133. The molecule has 0 aliphatic carbocycles. The van der Waals surface area contributed by atoms with Crippen molar-refractivity contribution in [3.05, 3.63) is 53.3 Å². The Balaban J connectivity index is 2.00. The van der Waals surface area contributed by atoms with E-state index in [1.807, 2.05) is 31.2 Å². The number of halogens is 1. The summed E-state index contributed by atoms with van der Waals surface area (Å²) in [7, 11) is 0. The van der Waals surface area contributed by atoms with Gasteiger partial charge in [-0.2, -0.15) is 4.98 Å². The molecule has 0 amide bonds. The van der Waals surface area contributed by atoms with Gasteiger partial charge in [-0.05, 0) is 37.3 Å². The zero-order valence-corrected chi connectivity index (χ0v) is 12.2. The summed E-state index contributed by atoms with van der Waals surface area (Å²) in [5.41, 5.74) is 7.41. The lowest BCUT2D eigenvalue weighted by Crippen LogP contribution is -2.11. The van der Waals surface area contributed by atoms with Crippen molar-refractivity contribution < 1.29 is 0 Å². The summed E-state index contributed by atoms with van der Waals surface area (Å²) >= 11 is 5.99. The second-order valence-corrected chi connectivity index (χ2v) is 5.15. The maximum absolute atomic E-state index is 5.99. The molecule has 1 unspecified atom stereocenters. The molecule has 0 bridgehead atoms. The third kappa shape index (κ3) is 2.87. The van der Waals surface area contributed by atoms with E-state index >= 15 is 0 Å². The van der Waals surface area contributed by atoms with Gasteiger partial charge in [-0.15, -0.1) is 0 Å². The second kappa shape index (κ2) is 5.54. The van der Waals surface area contributed by atoms with Gasteiger partial charge in [0, 0.05) is 16.6 Å². The molecule has 0 aliphatic heterocycles. The molecule has 0 saturated carbocycles. The van der Waals surface area contributed by atoms with Gasteiger partial charge in [-0.1, -0.05) is 17.7 Å². The highest BCUT2D eigenvalue weighted by Crippen LogP contribution is 2.26. The third-order valence-electron chi connectivity index (χ3n) is 3.16. The first-order valence-electron chi connectivity index (χ1n) is 6.54. The van der Waals surface area contributed by atoms with Gasteiger partial charge < -0.3 is 11.1 Å². The molecule has 2 aromatic heterocycles. The van der Waals surface area contributed by atoms with Crippen LogP contribution in [0.4, 0.5) is 11.8 Å². The summed E-state index contributed by atoms with van der Waals surface area (Å²) in [5.74, 6) is 0.882. The maximum Gasteiger partial charge on any atom is 0.222 e. The fourth-order valence-corrected chi connectivity index (χ4v) is 2.31. The van der Waals surface area contributed by atoms with E-state index in [-0.39, 0.29) is 12.0 Å². The molecule has 21 heavy (non-hydrogen) atoms. The predicted octanol–water partition coefficient (Wildman–Crippen LogP) is 3.43. The van der Waals surface area contributed by atoms with Crippen molar-refractivity contribution in [2.24, 2.45) is 0 Å². The van der Waals surface area contributed by atoms with Gasteiger partial charge in [0.1, 0.15) is 5.82 Å². The van der Waals surface area contributed by atoms with Crippen LogP contribution in [0.25, 0.3) is 10.9 Å². The van der Waals surface area contributed by atoms with Crippen LogP contribution in [0.3, 0.4) is 0 Å². The minimum absolute atomic E-state index is 0.000576. The third-order valence-corrected chi connectivity index (χ3v) is 3.40. The van der Waals surface area contributed by atoms with Crippen LogP contribution in [0, 0.1) is 0 Å². The van der Waals surface area contributed by atoms with Crippen LogP contribution in [-0.4, -0.2) is 15.0 Å². The van der Waals surface area contributed by atoms with Gasteiger partial charge in [0.15, 0.2) is 0 Å². The first-order chi connectivity index (χ1) is 10.1.